The molecule has 23 heavy (non-hydrogen) atoms. The number of amides is 1. The van der Waals surface area contributed by atoms with E-state index in [0.29, 0.717) is 5.92 Å². The van der Waals surface area contributed by atoms with Crippen LogP contribution in [0.5, 0.6) is 0 Å². The number of aliphatic hydroxyl groups is 1. The minimum atomic E-state index is -0.658. The van der Waals surface area contributed by atoms with Crippen LogP contribution in [0.3, 0.4) is 0 Å². The fourth-order valence-electron chi connectivity index (χ4n) is 4.01. The summed E-state index contributed by atoms with van der Waals surface area (Å²) >= 11 is 0. The van der Waals surface area contributed by atoms with Gasteiger partial charge in [0.1, 0.15) is 6.04 Å². The normalized spacial score (nSPS) is 37.0. The Hall–Kier alpha value is -1.43. The van der Waals surface area contributed by atoms with Crippen LogP contribution in [0.25, 0.3) is 0 Å². The Morgan fingerprint density at radius 1 is 1.30 bits per heavy atom. The third-order valence-electron chi connectivity index (χ3n) is 5.12. The first-order valence-corrected chi connectivity index (χ1v) is 8.28. The fraction of sp³-hybridized carbons (Fsp3) is 0.611. The van der Waals surface area contributed by atoms with Crippen molar-refractivity contribution in [2.45, 2.75) is 56.6 Å². The molecule has 1 aliphatic heterocycles. The molecule has 6 atom stereocenters. The molecule has 5 nitrogen and oxygen atoms in total. The molecule has 5 heteroatoms. The topological polar surface area (TPSA) is 67.8 Å². The second-order valence-corrected chi connectivity index (χ2v) is 6.58. The van der Waals surface area contributed by atoms with E-state index in [-0.39, 0.29) is 17.9 Å². The van der Waals surface area contributed by atoms with Gasteiger partial charge in [-0.25, -0.2) is 0 Å². The van der Waals surface area contributed by atoms with Crippen molar-refractivity contribution < 1.29 is 19.4 Å². The molecule has 0 radical (unpaired) electrons. The molecule has 2 N–H and O–H groups in total. The van der Waals surface area contributed by atoms with Crippen molar-refractivity contribution in [1.29, 1.82) is 0 Å². The first kappa shape index (κ1) is 16.4. The van der Waals surface area contributed by atoms with E-state index in [1.54, 1.807) is 7.11 Å². The molecule has 1 amide bonds. The number of ether oxygens (including phenoxy) is 2. The molecular weight excluding hydrogens is 294 g/mol. The lowest BCUT2D eigenvalue weighted by Crippen LogP contribution is -2.62. The SMILES string of the molecule is CO[C@H]1O[C@H]2CC[C@@H](c3ccccc3)C[C@H]2[C@@H](O)[C@@H]1NC(C)=O. The number of hydrogen-bond donors (Lipinski definition) is 2. The van der Waals surface area contributed by atoms with Crippen molar-refractivity contribution in [3.05, 3.63) is 35.9 Å². The summed E-state index contributed by atoms with van der Waals surface area (Å²) in [6.07, 6.45) is 1.53. The lowest BCUT2D eigenvalue weighted by Gasteiger charge is -2.48. The van der Waals surface area contributed by atoms with Gasteiger partial charge in [0.15, 0.2) is 6.29 Å². The van der Waals surface area contributed by atoms with Gasteiger partial charge in [-0.15, -0.1) is 0 Å². The standard InChI is InChI=1S/C18H25NO4/c1-11(20)19-16-17(21)14-10-13(12-6-4-3-5-7-12)8-9-15(14)23-18(16)22-2/h3-7,13-18,21H,8-10H2,1-2H3,(H,19,20)/t13-,14-,15+,16+,17-,18+/m1/s1. The summed E-state index contributed by atoms with van der Waals surface area (Å²) in [4.78, 5) is 11.4. The maximum atomic E-state index is 11.4. The molecule has 1 aromatic carbocycles. The first-order chi connectivity index (χ1) is 11.1. The van der Waals surface area contributed by atoms with Crippen LogP contribution >= 0.6 is 0 Å². The van der Waals surface area contributed by atoms with Gasteiger partial charge < -0.3 is 19.9 Å². The molecule has 0 spiro atoms. The van der Waals surface area contributed by atoms with Crippen molar-refractivity contribution in [2.75, 3.05) is 7.11 Å². The number of rotatable bonds is 3. The summed E-state index contributed by atoms with van der Waals surface area (Å²) in [5, 5.41) is 13.6. The fourth-order valence-corrected chi connectivity index (χ4v) is 4.01. The third kappa shape index (κ3) is 3.42. The maximum Gasteiger partial charge on any atom is 0.217 e. The lowest BCUT2D eigenvalue weighted by atomic mass is 9.71. The molecular formula is C18H25NO4. The van der Waals surface area contributed by atoms with Gasteiger partial charge in [-0.1, -0.05) is 30.3 Å². The van der Waals surface area contributed by atoms with Crippen LogP contribution in [-0.4, -0.2) is 42.7 Å². The molecule has 1 aliphatic carbocycles. The average Bonchev–Trinajstić information content (AvgIpc) is 2.57. The maximum absolute atomic E-state index is 11.4. The molecule has 1 saturated heterocycles. The zero-order valence-corrected chi connectivity index (χ0v) is 13.6. The Labute approximate surface area is 137 Å². The Balaban J connectivity index is 1.76. The monoisotopic (exact) mass is 319 g/mol. The zero-order valence-electron chi connectivity index (χ0n) is 13.6. The highest BCUT2D eigenvalue weighted by Crippen LogP contribution is 2.42. The number of nitrogens with one attached hydrogen (secondary N) is 1. The number of benzene rings is 1. The molecule has 1 aromatic rings. The smallest absolute Gasteiger partial charge is 0.217 e. The number of carbonyl (C=O) groups excluding carboxylic acids is 1. The Morgan fingerprint density at radius 2 is 2.04 bits per heavy atom. The van der Waals surface area contributed by atoms with Crippen LogP contribution in [0.15, 0.2) is 30.3 Å². The van der Waals surface area contributed by atoms with Crippen LogP contribution in [0.2, 0.25) is 0 Å². The number of carbonyl (C=O) groups is 1. The number of aliphatic hydroxyl groups excluding tert-OH is 1. The van der Waals surface area contributed by atoms with E-state index in [1.807, 2.05) is 6.07 Å². The molecule has 0 bridgehead atoms. The highest BCUT2D eigenvalue weighted by Gasteiger charge is 2.48. The van der Waals surface area contributed by atoms with Crippen LogP contribution < -0.4 is 5.32 Å². The van der Waals surface area contributed by atoms with Gasteiger partial charge in [-0.2, -0.15) is 0 Å². The quantitative estimate of drug-likeness (QED) is 0.891. The zero-order chi connectivity index (χ0) is 16.4. The van der Waals surface area contributed by atoms with E-state index in [4.69, 9.17) is 9.47 Å². The van der Waals surface area contributed by atoms with Gasteiger partial charge in [0, 0.05) is 20.0 Å². The predicted molar refractivity (Wildman–Crippen MR) is 85.8 cm³/mol. The van der Waals surface area contributed by atoms with Gasteiger partial charge in [0.2, 0.25) is 5.91 Å². The Morgan fingerprint density at radius 3 is 2.70 bits per heavy atom. The molecule has 1 saturated carbocycles. The van der Waals surface area contributed by atoms with E-state index in [2.05, 4.69) is 29.6 Å². The molecule has 3 rings (SSSR count). The van der Waals surface area contributed by atoms with Crippen molar-refractivity contribution in [2.24, 2.45) is 5.92 Å². The highest BCUT2D eigenvalue weighted by molar-refractivity contribution is 5.73. The van der Waals surface area contributed by atoms with E-state index in [9.17, 15) is 9.90 Å². The second kappa shape index (κ2) is 6.99. The summed E-state index contributed by atoms with van der Waals surface area (Å²) in [5.74, 6) is 0.249. The van der Waals surface area contributed by atoms with Crippen molar-refractivity contribution in [3.8, 4) is 0 Å². The van der Waals surface area contributed by atoms with Gasteiger partial charge >= 0.3 is 0 Å². The van der Waals surface area contributed by atoms with Crippen LogP contribution in [-0.2, 0) is 14.3 Å². The molecule has 0 aromatic heterocycles. The van der Waals surface area contributed by atoms with Crippen molar-refractivity contribution >= 4 is 5.91 Å². The number of hydrogen-bond acceptors (Lipinski definition) is 4. The number of methoxy groups -OCH3 is 1. The number of fused-ring (bicyclic) bond motifs is 1. The summed E-state index contributed by atoms with van der Waals surface area (Å²) in [6, 6.07) is 9.89. The van der Waals surface area contributed by atoms with Gasteiger partial charge in [0.25, 0.3) is 0 Å². The van der Waals surface area contributed by atoms with Gasteiger partial charge in [-0.3, -0.25) is 4.79 Å². The van der Waals surface area contributed by atoms with E-state index < -0.39 is 18.4 Å². The van der Waals surface area contributed by atoms with Crippen molar-refractivity contribution in [3.63, 3.8) is 0 Å². The first-order valence-electron chi connectivity index (χ1n) is 8.28. The molecule has 1 heterocycles. The molecule has 126 valence electrons. The highest BCUT2D eigenvalue weighted by atomic mass is 16.7. The predicted octanol–water partition coefficient (Wildman–Crippen LogP) is 1.81. The van der Waals surface area contributed by atoms with Crippen LogP contribution in [0, 0.1) is 5.92 Å². The summed E-state index contributed by atoms with van der Waals surface area (Å²) in [6.45, 7) is 1.44. The molecule has 2 fully saturated rings. The van der Waals surface area contributed by atoms with Crippen molar-refractivity contribution in [1.82, 2.24) is 5.32 Å². The lowest BCUT2D eigenvalue weighted by molar-refractivity contribution is -0.250. The summed E-state index contributed by atoms with van der Waals surface area (Å²) in [5.41, 5.74) is 1.31. The Kier molecular flexibility index (Phi) is 4.99. The summed E-state index contributed by atoms with van der Waals surface area (Å²) < 4.78 is 11.3. The molecule has 2 aliphatic rings. The average molecular weight is 319 g/mol. The van der Waals surface area contributed by atoms with E-state index in [1.165, 1.54) is 12.5 Å². The largest absolute Gasteiger partial charge is 0.390 e. The third-order valence-corrected chi connectivity index (χ3v) is 5.12. The van der Waals surface area contributed by atoms with E-state index in [0.717, 1.165) is 19.3 Å². The minimum absolute atomic E-state index is 0.0113. The molecule has 0 unspecified atom stereocenters. The minimum Gasteiger partial charge on any atom is -0.390 e. The van der Waals surface area contributed by atoms with Crippen LogP contribution in [0.4, 0.5) is 0 Å². The summed E-state index contributed by atoms with van der Waals surface area (Å²) in [7, 11) is 1.54. The second-order valence-electron chi connectivity index (χ2n) is 6.58. The Bertz CT molecular complexity index is 535. The van der Waals surface area contributed by atoms with Gasteiger partial charge in [0.05, 0.1) is 12.2 Å². The van der Waals surface area contributed by atoms with Crippen LogP contribution in [0.1, 0.15) is 37.7 Å². The van der Waals surface area contributed by atoms with E-state index >= 15 is 0 Å². The van der Waals surface area contributed by atoms with Gasteiger partial charge in [-0.05, 0) is 30.7 Å².